The molecule has 0 radical (unpaired) electrons. The van der Waals surface area contributed by atoms with Crippen LogP contribution in [-0.2, 0) is 4.79 Å². The monoisotopic (exact) mass is 406 g/mol. The Bertz CT molecular complexity index is 1010. The average molecular weight is 407 g/mol. The number of para-hydroxylation sites is 2. The lowest BCUT2D eigenvalue weighted by atomic mass is 10.3. The van der Waals surface area contributed by atoms with Crippen molar-refractivity contribution in [3.05, 3.63) is 60.5 Å². The fourth-order valence-corrected chi connectivity index (χ4v) is 2.20. The van der Waals surface area contributed by atoms with Crippen LogP contribution in [0.5, 0.6) is 11.6 Å². The molecular weight excluding hydrogens is 394 g/mol. The molecule has 0 saturated carbocycles. The van der Waals surface area contributed by atoms with Gasteiger partial charge in [0.05, 0.1) is 30.0 Å². The minimum absolute atomic E-state index is 0.000667. The molecule has 1 amide bonds. The number of carbonyl (C=O) groups is 1. The highest BCUT2D eigenvalue weighted by Gasteiger charge is 2.13. The van der Waals surface area contributed by atoms with Crippen LogP contribution in [-0.4, -0.2) is 25.7 Å². The summed E-state index contributed by atoms with van der Waals surface area (Å²) >= 11 is 6.08. The third kappa shape index (κ3) is 4.60. The van der Waals surface area contributed by atoms with Crippen LogP contribution in [0.4, 0.5) is 26.1 Å². The van der Waals surface area contributed by atoms with E-state index in [1.165, 1.54) is 12.4 Å². The maximum atomic E-state index is 12.6. The normalized spacial score (nSPS) is 10.6. The molecule has 28 heavy (non-hydrogen) atoms. The number of ether oxygens (including phenoxy) is 1. The SMILES string of the molecule is C=CC(=O)Nc1ccccc1Oc1nc(Nc2cnn(C(F)F)c2)ncc1Cl. The van der Waals surface area contributed by atoms with Crippen LogP contribution in [0.25, 0.3) is 0 Å². The van der Waals surface area contributed by atoms with Crippen molar-refractivity contribution < 1.29 is 18.3 Å². The number of aromatic nitrogens is 4. The molecule has 0 aliphatic heterocycles. The van der Waals surface area contributed by atoms with Gasteiger partial charge in [-0.2, -0.15) is 18.9 Å². The van der Waals surface area contributed by atoms with Crippen LogP contribution < -0.4 is 15.4 Å². The topological polar surface area (TPSA) is 94.0 Å². The second-order valence-electron chi connectivity index (χ2n) is 5.25. The summed E-state index contributed by atoms with van der Waals surface area (Å²) < 4.78 is 31.4. The number of rotatable bonds is 7. The Morgan fingerprint density at radius 1 is 1.32 bits per heavy atom. The molecule has 8 nitrogen and oxygen atoms in total. The summed E-state index contributed by atoms with van der Waals surface area (Å²) in [5.41, 5.74) is 0.641. The van der Waals surface area contributed by atoms with Crippen molar-refractivity contribution in [2.24, 2.45) is 0 Å². The first-order chi connectivity index (χ1) is 13.5. The fraction of sp³-hybridized carbons (Fsp3) is 0.0588. The van der Waals surface area contributed by atoms with Gasteiger partial charge in [0.1, 0.15) is 5.02 Å². The molecule has 1 aromatic carbocycles. The number of hydrogen-bond acceptors (Lipinski definition) is 6. The van der Waals surface area contributed by atoms with Crippen molar-refractivity contribution in [1.29, 1.82) is 0 Å². The number of nitrogens with zero attached hydrogens (tertiary/aromatic N) is 4. The Morgan fingerprint density at radius 3 is 2.82 bits per heavy atom. The zero-order valence-electron chi connectivity index (χ0n) is 14.1. The number of nitrogens with one attached hydrogen (secondary N) is 2. The minimum atomic E-state index is -2.76. The molecule has 11 heteroatoms. The Hall–Kier alpha value is -3.53. The van der Waals surface area contributed by atoms with E-state index in [9.17, 15) is 13.6 Å². The first kappa shape index (κ1) is 19.2. The van der Waals surface area contributed by atoms with Crippen molar-refractivity contribution >= 4 is 34.8 Å². The van der Waals surface area contributed by atoms with E-state index in [2.05, 4.69) is 32.3 Å². The molecule has 0 aliphatic rings. The lowest BCUT2D eigenvalue weighted by Crippen LogP contribution is -2.08. The van der Waals surface area contributed by atoms with Crippen LogP contribution in [0.1, 0.15) is 6.55 Å². The molecule has 0 aliphatic carbocycles. The second kappa shape index (κ2) is 8.44. The van der Waals surface area contributed by atoms with Gasteiger partial charge >= 0.3 is 6.55 Å². The third-order valence-corrected chi connectivity index (χ3v) is 3.57. The van der Waals surface area contributed by atoms with Crippen molar-refractivity contribution in [3.63, 3.8) is 0 Å². The van der Waals surface area contributed by atoms with Crippen LogP contribution in [0.3, 0.4) is 0 Å². The molecule has 0 bridgehead atoms. The summed E-state index contributed by atoms with van der Waals surface area (Å²) in [5, 5.41) is 8.95. The van der Waals surface area contributed by atoms with E-state index in [1.54, 1.807) is 24.3 Å². The first-order valence-electron chi connectivity index (χ1n) is 7.78. The average Bonchev–Trinajstić information content (AvgIpc) is 3.14. The molecule has 144 valence electrons. The van der Waals surface area contributed by atoms with Crippen LogP contribution in [0, 0.1) is 0 Å². The standard InChI is InChI=1S/C17H13ClF2N6O2/c1-2-14(27)24-12-5-3-4-6-13(12)28-15-11(18)8-21-17(25-15)23-10-7-22-26(9-10)16(19)20/h2-9,16H,1H2,(H,24,27)(H,21,23,25). The highest BCUT2D eigenvalue weighted by Crippen LogP contribution is 2.32. The Morgan fingerprint density at radius 2 is 2.11 bits per heavy atom. The highest BCUT2D eigenvalue weighted by molar-refractivity contribution is 6.31. The lowest BCUT2D eigenvalue weighted by Gasteiger charge is -2.12. The van der Waals surface area contributed by atoms with Gasteiger partial charge in [-0.25, -0.2) is 9.67 Å². The molecular formula is C17H13ClF2N6O2. The van der Waals surface area contributed by atoms with Gasteiger partial charge in [0.15, 0.2) is 5.75 Å². The number of benzene rings is 1. The number of anilines is 3. The third-order valence-electron chi connectivity index (χ3n) is 3.31. The molecule has 0 unspecified atom stereocenters. The van der Waals surface area contributed by atoms with E-state index in [4.69, 9.17) is 16.3 Å². The first-order valence-corrected chi connectivity index (χ1v) is 8.16. The van der Waals surface area contributed by atoms with E-state index in [0.29, 0.717) is 10.4 Å². The molecule has 2 aromatic heterocycles. The van der Waals surface area contributed by atoms with Crippen molar-refractivity contribution in [2.45, 2.75) is 6.55 Å². The van der Waals surface area contributed by atoms with E-state index in [0.717, 1.165) is 12.3 Å². The molecule has 0 atom stereocenters. The number of amides is 1. The molecule has 0 saturated heterocycles. The van der Waals surface area contributed by atoms with Gasteiger partial charge in [0.25, 0.3) is 0 Å². The van der Waals surface area contributed by atoms with Crippen LogP contribution >= 0.6 is 11.6 Å². The van der Waals surface area contributed by atoms with E-state index >= 15 is 0 Å². The van der Waals surface area contributed by atoms with Crippen molar-refractivity contribution in [2.75, 3.05) is 10.6 Å². The van der Waals surface area contributed by atoms with Gasteiger partial charge in [-0.05, 0) is 18.2 Å². The second-order valence-corrected chi connectivity index (χ2v) is 5.66. The molecule has 3 aromatic rings. The maximum Gasteiger partial charge on any atom is 0.333 e. The quantitative estimate of drug-likeness (QED) is 0.565. The lowest BCUT2D eigenvalue weighted by molar-refractivity contribution is -0.111. The van der Waals surface area contributed by atoms with Crippen LogP contribution in [0.2, 0.25) is 5.02 Å². The maximum absolute atomic E-state index is 12.6. The van der Waals surface area contributed by atoms with Crippen molar-refractivity contribution in [3.8, 4) is 11.6 Å². The van der Waals surface area contributed by atoms with E-state index < -0.39 is 12.5 Å². The smallest absolute Gasteiger partial charge is 0.333 e. The number of hydrogen-bond donors (Lipinski definition) is 2. The van der Waals surface area contributed by atoms with Gasteiger partial charge in [0.2, 0.25) is 17.7 Å². The Kier molecular flexibility index (Phi) is 5.80. The van der Waals surface area contributed by atoms with Gasteiger partial charge in [-0.15, -0.1) is 0 Å². The Balaban J connectivity index is 1.82. The van der Waals surface area contributed by atoms with Gasteiger partial charge in [0, 0.05) is 0 Å². The number of carbonyl (C=O) groups excluding carboxylic acids is 1. The molecule has 3 rings (SSSR count). The predicted molar refractivity (Wildman–Crippen MR) is 99.1 cm³/mol. The minimum Gasteiger partial charge on any atom is -0.435 e. The molecule has 0 spiro atoms. The predicted octanol–water partition coefficient (Wildman–Crippen LogP) is 4.38. The van der Waals surface area contributed by atoms with E-state index in [1.807, 2.05) is 0 Å². The number of alkyl halides is 2. The summed E-state index contributed by atoms with van der Waals surface area (Å²) in [7, 11) is 0. The summed E-state index contributed by atoms with van der Waals surface area (Å²) in [6, 6.07) is 6.65. The summed E-state index contributed by atoms with van der Waals surface area (Å²) in [6.45, 7) is 0.631. The molecule has 2 N–H and O–H groups in total. The van der Waals surface area contributed by atoms with Gasteiger partial charge in [-0.1, -0.05) is 30.3 Å². The zero-order valence-corrected chi connectivity index (χ0v) is 14.9. The fourth-order valence-electron chi connectivity index (χ4n) is 2.07. The van der Waals surface area contributed by atoms with Crippen LogP contribution in [0.15, 0.2) is 55.5 Å². The highest BCUT2D eigenvalue weighted by atomic mass is 35.5. The largest absolute Gasteiger partial charge is 0.435 e. The molecule has 2 heterocycles. The summed E-state index contributed by atoms with van der Waals surface area (Å²) in [4.78, 5) is 19.6. The summed E-state index contributed by atoms with van der Waals surface area (Å²) in [6.07, 6.45) is 4.71. The summed E-state index contributed by atoms with van der Waals surface area (Å²) in [5.74, 6) is -0.0699. The Labute approximate surface area is 162 Å². The number of halogens is 3. The molecule has 0 fully saturated rings. The van der Waals surface area contributed by atoms with E-state index in [-0.39, 0.29) is 28.3 Å². The van der Waals surface area contributed by atoms with Gasteiger partial charge in [-0.3, -0.25) is 4.79 Å². The van der Waals surface area contributed by atoms with Crippen molar-refractivity contribution in [1.82, 2.24) is 19.7 Å². The zero-order chi connectivity index (χ0) is 20.1. The van der Waals surface area contributed by atoms with Gasteiger partial charge < -0.3 is 15.4 Å².